The van der Waals surface area contributed by atoms with Gasteiger partial charge in [0.1, 0.15) is 6.04 Å². The molecule has 0 aromatic heterocycles. The Morgan fingerprint density at radius 3 is 2.71 bits per heavy atom. The van der Waals surface area contributed by atoms with Crippen LogP contribution in [0.1, 0.15) is 38.5 Å². The third-order valence-corrected chi connectivity index (χ3v) is 3.72. The number of carbonyl (C=O) groups is 2. The number of nitrogens with one attached hydrogen (secondary N) is 1. The lowest BCUT2D eigenvalue weighted by atomic mass is 10.1. The first-order valence-corrected chi connectivity index (χ1v) is 6.53. The Kier molecular flexibility index (Phi) is 3.99. The number of nitrogens with zero attached hydrogens (tertiary/aromatic N) is 1. The lowest BCUT2D eigenvalue weighted by Gasteiger charge is -2.27. The van der Waals surface area contributed by atoms with E-state index in [1.54, 1.807) is 4.90 Å². The van der Waals surface area contributed by atoms with Gasteiger partial charge >= 0.3 is 0 Å². The first-order valence-electron chi connectivity index (χ1n) is 6.53. The summed E-state index contributed by atoms with van der Waals surface area (Å²) in [7, 11) is 0. The Balaban J connectivity index is 2.00. The topological polar surface area (TPSA) is 75.4 Å². The van der Waals surface area contributed by atoms with E-state index in [2.05, 4.69) is 5.32 Å². The predicted octanol–water partition coefficient (Wildman–Crippen LogP) is -0.00510. The summed E-state index contributed by atoms with van der Waals surface area (Å²) in [5.74, 6) is -0.308. The van der Waals surface area contributed by atoms with Crippen LogP contribution in [0.5, 0.6) is 0 Å². The zero-order valence-corrected chi connectivity index (χ0v) is 10.2. The Bertz CT molecular complexity index is 298. The van der Waals surface area contributed by atoms with Gasteiger partial charge in [0.25, 0.3) is 0 Å². The molecule has 2 rings (SSSR count). The van der Waals surface area contributed by atoms with Crippen LogP contribution in [-0.2, 0) is 9.59 Å². The number of hydrogen-bond acceptors (Lipinski definition) is 3. The van der Waals surface area contributed by atoms with Gasteiger partial charge in [-0.15, -0.1) is 0 Å². The molecule has 2 heterocycles. The first kappa shape index (κ1) is 12.4. The maximum atomic E-state index is 12.3. The second kappa shape index (κ2) is 5.49. The summed E-state index contributed by atoms with van der Waals surface area (Å²) in [5.41, 5.74) is 5.33. The highest BCUT2D eigenvalue weighted by Crippen LogP contribution is 2.20. The van der Waals surface area contributed by atoms with Gasteiger partial charge in [0.05, 0.1) is 6.04 Å². The van der Waals surface area contributed by atoms with Crippen molar-refractivity contribution in [1.29, 1.82) is 0 Å². The molecular formula is C12H21N3O2. The van der Waals surface area contributed by atoms with E-state index in [4.69, 9.17) is 5.73 Å². The van der Waals surface area contributed by atoms with E-state index in [1.165, 1.54) is 6.42 Å². The molecule has 0 bridgehead atoms. The quantitative estimate of drug-likeness (QED) is 0.712. The summed E-state index contributed by atoms with van der Waals surface area (Å²) in [5, 5.41) is 3.27. The number of amides is 2. The van der Waals surface area contributed by atoms with Crippen LogP contribution < -0.4 is 11.1 Å². The molecule has 0 radical (unpaired) electrons. The molecule has 0 spiro atoms. The van der Waals surface area contributed by atoms with Crippen molar-refractivity contribution in [1.82, 2.24) is 10.2 Å². The van der Waals surface area contributed by atoms with Gasteiger partial charge < -0.3 is 16.0 Å². The normalized spacial score (nSPS) is 30.0. The van der Waals surface area contributed by atoms with E-state index in [0.717, 1.165) is 32.2 Å². The largest absolute Gasteiger partial charge is 0.368 e. The van der Waals surface area contributed by atoms with Crippen LogP contribution >= 0.6 is 0 Å². The lowest BCUT2D eigenvalue weighted by Crippen LogP contribution is -2.51. The predicted molar refractivity (Wildman–Crippen MR) is 64.2 cm³/mol. The average molecular weight is 239 g/mol. The fourth-order valence-electron chi connectivity index (χ4n) is 2.77. The smallest absolute Gasteiger partial charge is 0.240 e. The molecule has 0 aliphatic carbocycles. The van der Waals surface area contributed by atoms with Gasteiger partial charge in [0, 0.05) is 6.54 Å². The molecule has 2 aliphatic heterocycles. The molecule has 2 fully saturated rings. The van der Waals surface area contributed by atoms with E-state index < -0.39 is 0 Å². The van der Waals surface area contributed by atoms with Crippen molar-refractivity contribution in [2.24, 2.45) is 5.73 Å². The van der Waals surface area contributed by atoms with Crippen molar-refractivity contribution in [2.45, 2.75) is 50.6 Å². The van der Waals surface area contributed by atoms with Crippen molar-refractivity contribution in [2.75, 3.05) is 13.1 Å². The average Bonchev–Trinajstić information content (AvgIpc) is 2.64. The minimum absolute atomic E-state index is 0.0631. The van der Waals surface area contributed by atoms with Crippen molar-refractivity contribution in [3.05, 3.63) is 0 Å². The highest BCUT2D eigenvalue weighted by atomic mass is 16.2. The van der Waals surface area contributed by atoms with Crippen LogP contribution in [0.3, 0.4) is 0 Å². The number of hydrogen-bond donors (Lipinski definition) is 2. The SMILES string of the molecule is NC(=O)C1CCCN1C(=O)C1CCCCCN1. The maximum absolute atomic E-state index is 12.3. The van der Waals surface area contributed by atoms with Crippen LogP contribution in [0.25, 0.3) is 0 Å². The van der Waals surface area contributed by atoms with Crippen molar-refractivity contribution in [3.8, 4) is 0 Å². The Hall–Kier alpha value is -1.10. The molecule has 5 nitrogen and oxygen atoms in total. The minimum atomic E-state index is -0.382. The molecule has 96 valence electrons. The summed E-state index contributed by atoms with van der Waals surface area (Å²) in [6.45, 7) is 1.57. The second-order valence-electron chi connectivity index (χ2n) is 4.95. The summed E-state index contributed by atoms with van der Waals surface area (Å²) in [6.07, 6.45) is 5.86. The molecule has 2 atom stereocenters. The number of rotatable bonds is 2. The van der Waals surface area contributed by atoms with Gasteiger partial charge in [-0.05, 0) is 32.2 Å². The fourth-order valence-corrected chi connectivity index (χ4v) is 2.77. The summed E-state index contributed by atoms with van der Waals surface area (Å²) in [4.78, 5) is 25.3. The van der Waals surface area contributed by atoms with Gasteiger partial charge in [-0.25, -0.2) is 0 Å². The van der Waals surface area contributed by atoms with Crippen LogP contribution in [-0.4, -0.2) is 41.9 Å². The Labute approximate surface area is 102 Å². The molecule has 2 unspecified atom stereocenters. The van der Waals surface area contributed by atoms with Crippen molar-refractivity contribution in [3.63, 3.8) is 0 Å². The number of nitrogens with two attached hydrogens (primary N) is 1. The molecule has 2 amide bonds. The summed E-state index contributed by atoms with van der Waals surface area (Å²) in [6, 6.07) is -0.495. The molecule has 17 heavy (non-hydrogen) atoms. The second-order valence-corrected chi connectivity index (χ2v) is 4.95. The van der Waals surface area contributed by atoms with E-state index in [9.17, 15) is 9.59 Å². The molecule has 3 N–H and O–H groups in total. The summed E-state index contributed by atoms with van der Waals surface area (Å²) < 4.78 is 0. The molecule has 0 aromatic carbocycles. The van der Waals surface area contributed by atoms with E-state index >= 15 is 0 Å². The third kappa shape index (κ3) is 2.77. The standard InChI is InChI=1S/C12H21N3O2/c13-11(16)10-6-4-8-15(10)12(17)9-5-2-1-3-7-14-9/h9-10,14H,1-8H2,(H2,13,16). The molecule has 2 saturated heterocycles. The van der Waals surface area contributed by atoms with E-state index in [-0.39, 0.29) is 23.9 Å². The zero-order valence-electron chi connectivity index (χ0n) is 10.2. The maximum Gasteiger partial charge on any atom is 0.240 e. The monoisotopic (exact) mass is 239 g/mol. The number of primary amides is 1. The fraction of sp³-hybridized carbons (Fsp3) is 0.833. The molecule has 0 saturated carbocycles. The number of likely N-dealkylation sites (tertiary alicyclic amines) is 1. The van der Waals surface area contributed by atoms with Crippen LogP contribution in [0, 0.1) is 0 Å². The Morgan fingerprint density at radius 1 is 1.12 bits per heavy atom. The molecular weight excluding hydrogens is 218 g/mol. The van der Waals surface area contributed by atoms with Crippen molar-refractivity contribution >= 4 is 11.8 Å². The van der Waals surface area contributed by atoms with Gasteiger partial charge in [-0.1, -0.05) is 12.8 Å². The highest BCUT2D eigenvalue weighted by Gasteiger charge is 2.35. The van der Waals surface area contributed by atoms with Gasteiger partial charge in [-0.3, -0.25) is 9.59 Å². The van der Waals surface area contributed by atoms with Gasteiger partial charge in [0.2, 0.25) is 11.8 Å². The van der Waals surface area contributed by atoms with E-state index in [1.807, 2.05) is 0 Å². The van der Waals surface area contributed by atoms with Crippen molar-refractivity contribution < 1.29 is 9.59 Å². The third-order valence-electron chi connectivity index (χ3n) is 3.72. The number of carbonyl (C=O) groups excluding carboxylic acids is 2. The van der Waals surface area contributed by atoms with Gasteiger partial charge in [-0.2, -0.15) is 0 Å². The zero-order chi connectivity index (χ0) is 12.3. The summed E-state index contributed by atoms with van der Waals surface area (Å²) >= 11 is 0. The Morgan fingerprint density at radius 2 is 1.94 bits per heavy atom. The molecule has 5 heteroatoms. The van der Waals surface area contributed by atoms with Crippen LogP contribution in [0.4, 0.5) is 0 Å². The van der Waals surface area contributed by atoms with E-state index in [0.29, 0.717) is 13.0 Å². The first-order chi connectivity index (χ1) is 8.20. The highest BCUT2D eigenvalue weighted by molar-refractivity contribution is 5.89. The molecule has 2 aliphatic rings. The van der Waals surface area contributed by atoms with Crippen LogP contribution in [0.15, 0.2) is 0 Å². The minimum Gasteiger partial charge on any atom is -0.368 e. The van der Waals surface area contributed by atoms with Crippen LogP contribution in [0.2, 0.25) is 0 Å². The molecule has 0 aromatic rings. The van der Waals surface area contributed by atoms with Gasteiger partial charge in [0.15, 0.2) is 0 Å². The lowest BCUT2D eigenvalue weighted by molar-refractivity contribution is -0.139.